The highest BCUT2D eigenvalue weighted by Gasteiger charge is 2.31. The molecule has 1 aromatic carbocycles. The van der Waals surface area contributed by atoms with Crippen molar-refractivity contribution < 1.29 is 14.3 Å². The molecule has 2 aliphatic rings. The van der Waals surface area contributed by atoms with Crippen LogP contribution in [0, 0.1) is 5.92 Å². The van der Waals surface area contributed by atoms with Crippen LogP contribution in [-0.4, -0.2) is 55.5 Å². The van der Waals surface area contributed by atoms with E-state index in [2.05, 4.69) is 10.6 Å². The SMILES string of the molecule is CCOC(C(=O)N1CCCC(CNC(=O)C2CCCN2)C1)c1ccccc1.Cl. The van der Waals surface area contributed by atoms with Gasteiger partial charge >= 0.3 is 0 Å². The first-order chi connectivity index (χ1) is 13.2. The molecule has 6 nitrogen and oxygen atoms in total. The molecule has 1 aromatic rings. The van der Waals surface area contributed by atoms with Crippen LogP contribution in [0.4, 0.5) is 0 Å². The number of piperidine rings is 1. The summed E-state index contributed by atoms with van der Waals surface area (Å²) >= 11 is 0. The maximum Gasteiger partial charge on any atom is 0.256 e. The van der Waals surface area contributed by atoms with Crippen LogP contribution in [-0.2, 0) is 14.3 Å². The highest BCUT2D eigenvalue weighted by molar-refractivity contribution is 5.85. The molecule has 0 spiro atoms. The second-order valence-corrected chi connectivity index (χ2v) is 7.43. The van der Waals surface area contributed by atoms with E-state index < -0.39 is 6.10 Å². The highest BCUT2D eigenvalue weighted by atomic mass is 35.5. The minimum atomic E-state index is -0.549. The molecule has 0 radical (unpaired) electrons. The van der Waals surface area contributed by atoms with Crippen LogP contribution in [0.1, 0.15) is 44.3 Å². The highest BCUT2D eigenvalue weighted by Crippen LogP contribution is 2.24. The predicted octanol–water partition coefficient (Wildman–Crippen LogP) is 2.29. The molecule has 0 aliphatic carbocycles. The quantitative estimate of drug-likeness (QED) is 0.724. The van der Waals surface area contributed by atoms with Gasteiger partial charge in [-0.05, 0) is 50.6 Å². The number of ether oxygens (including phenoxy) is 1. The number of halogens is 1. The van der Waals surface area contributed by atoms with Crippen LogP contribution in [0.2, 0.25) is 0 Å². The Morgan fingerprint density at radius 2 is 2.04 bits per heavy atom. The standard InChI is InChI=1S/C21H31N3O3.ClH/c1-2-27-19(17-9-4-3-5-10-17)21(26)24-13-7-8-16(15-24)14-23-20(25)18-11-6-12-22-18;/h3-5,9-10,16,18-19,22H,2,6-8,11-15H2,1H3,(H,23,25);1H. The molecule has 2 N–H and O–H groups in total. The minimum Gasteiger partial charge on any atom is -0.364 e. The number of carbonyl (C=O) groups is 2. The summed E-state index contributed by atoms with van der Waals surface area (Å²) in [6, 6.07) is 9.63. The van der Waals surface area contributed by atoms with Crippen molar-refractivity contribution in [2.75, 3.05) is 32.8 Å². The third-order valence-electron chi connectivity index (χ3n) is 5.43. The number of benzene rings is 1. The second-order valence-electron chi connectivity index (χ2n) is 7.43. The van der Waals surface area contributed by atoms with E-state index >= 15 is 0 Å². The van der Waals surface area contributed by atoms with E-state index in [1.807, 2.05) is 42.2 Å². The molecule has 3 unspecified atom stereocenters. The molecule has 2 amide bonds. The van der Waals surface area contributed by atoms with Gasteiger partial charge in [0.05, 0.1) is 6.04 Å². The fraction of sp³-hybridized carbons (Fsp3) is 0.619. The third-order valence-corrected chi connectivity index (χ3v) is 5.43. The van der Waals surface area contributed by atoms with Gasteiger partial charge in [-0.1, -0.05) is 30.3 Å². The Balaban J connectivity index is 0.00000280. The maximum absolute atomic E-state index is 13.1. The Kier molecular flexibility index (Phi) is 9.22. The van der Waals surface area contributed by atoms with Gasteiger partial charge in [0.25, 0.3) is 5.91 Å². The number of nitrogens with zero attached hydrogens (tertiary/aromatic N) is 1. The summed E-state index contributed by atoms with van der Waals surface area (Å²) in [7, 11) is 0. The van der Waals surface area contributed by atoms with Gasteiger partial charge in [-0.3, -0.25) is 9.59 Å². The third kappa shape index (κ3) is 5.93. The summed E-state index contributed by atoms with van der Waals surface area (Å²) in [6.45, 7) is 5.38. The largest absolute Gasteiger partial charge is 0.364 e. The molecule has 2 saturated heterocycles. The number of nitrogens with one attached hydrogen (secondary N) is 2. The van der Waals surface area contributed by atoms with Crippen LogP contribution in [0.15, 0.2) is 30.3 Å². The predicted molar refractivity (Wildman–Crippen MR) is 111 cm³/mol. The van der Waals surface area contributed by atoms with Gasteiger partial charge < -0.3 is 20.3 Å². The van der Waals surface area contributed by atoms with E-state index in [0.29, 0.717) is 25.6 Å². The van der Waals surface area contributed by atoms with Crippen LogP contribution in [0.5, 0.6) is 0 Å². The molecular weight excluding hydrogens is 378 g/mol. The smallest absolute Gasteiger partial charge is 0.256 e. The lowest BCUT2D eigenvalue weighted by Crippen LogP contribution is -2.47. The number of hydrogen-bond acceptors (Lipinski definition) is 4. The van der Waals surface area contributed by atoms with Gasteiger partial charge in [0.15, 0.2) is 6.10 Å². The van der Waals surface area contributed by atoms with Crippen molar-refractivity contribution in [1.82, 2.24) is 15.5 Å². The molecule has 7 heteroatoms. The Morgan fingerprint density at radius 1 is 1.25 bits per heavy atom. The number of carbonyl (C=O) groups excluding carboxylic acids is 2. The molecular formula is C21H32ClN3O3. The Labute approximate surface area is 173 Å². The zero-order valence-corrected chi connectivity index (χ0v) is 17.4. The van der Waals surface area contributed by atoms with Gasteiger partial charge in [0, 0.05) is 26.2 Å². The maximum atomic E-state index is 13.1. The van der Waals surface area contributed by atoms with E-state index in [1.54, 1.807) is 0 Å². The van der Waals surface area contributed by atoms with E-state index in [4.69, 9.17) is 4.74 Å². The second kappa shape index (κ2) is 11.4. The number of hydrogen-bond donors (Lipinski definition) is 2. The Bertz CT molecular complexity index is 623. The summed E-state index contributed by atoms with van der Waals surface area (Å²) in [4.78, 5) is 27.2. The number of rotatable bonds is 7. The molecule has 2 aliphatic heterocycles. The minimum absolute atomic E-state index is 0. The average Bonchev–Trinajstić information content (AvgIpc) is 3.25. The van der Waals surface area contributed by atoms with Crippen molar-refractivity contribution in [3.05, 3.63) is 35.9 Å². The number of likely N-dealkylation sites (tertiary alicyclic amines) is 1. The van der Waals surface area contributed by atoms with Crippen molar-refractivity contribution in [2.24, 2.45) is 5.92 Å². The molecule has 3 rings (SSSR count). The van der Waals surface area contributed by atoms with Gasteiger partial charge in [-0.15, -0.1) is 12.4 Å². The zero-order valence-electron chi connectivity index (χ0n) is 16.6. The van der Waals surface area contributed by atoms with Crippen LogP contribution in [0.25, 0.3) is 0 Å². The monoisotopic (exact) mass is 409 g/mol. The summed E-state index contributed by atoms with van der Waals surface area (Å²) in [5.74, 6) is 0.412. The molecule has 2 fully saturated rings. The molecule has 28 heavy (non-hydrogen) atoms. The van der Waals surface area contributed by atoms with Gasteiger partial charge in [-0.25, -0.2) is 0 Å². The van der Waals surface area contributed by atoms with Gasteiger partial charge in [0.2, 0.25) is 5.91 Å². The zero-order chi connectivity index (χ0) is 19.1. The first-order valence-corrected chi connectivity index (χ1v) is 10.2. The molecule has 0 saturated carbocycles. The van der Waals surface area contributed by atoms with Gasteiger partial charge in [-0.2, -0.15) is 0 Å². The van der Waals surface area contributed by atoms with E-state index in [0.717, 1.165) is 44.3 Å². The van der Waals surface area contributed by atoms with Crippen molar-refractivity contribution in [3.8, 4) is 0 Å². The van der Waals surface area contributed by atoms with E-state index in [1.165, 1.54) is 0 Å². The van der Waals surface area contributed by atoms with E-state index in [9.17, 15) is 9.59 Å². The lowest BCUT2D eigenvalue weighted by atomic mass is 9.96. The first-order valence-electron chi connectivity index (χ1n) is 10.2. The molecule has 0 bridgehead atoms. The van der Waals surface area contributed by atoms with Gasteiger partial charge in [0.1, 0.15) is 0 Å². The van der Waals surface area contributed by atoms with E-state index in [-0.39, 0.29) is 30.3 Å². The fourth-order valence-corrected chi connectivity index (χ4v) is 3.98. The molecule has 3 atom stereocenters. The Hall–Kier alpha value is -1.63. The fourth-order valence-electron chi connectivity index (χ4n) is 3.98. The lowest BCUT2D eigenvalue weighted by Gasteiger charge is -2.35. The summed E-state index contributed by atoms with van der Waals surface area (Å²) < 4.78 is 5.77. The summed E-state index contributed by atoms with van der Waals surface area (Å²) in [5.41, 5.74) is 0.895. The first kappa shape index (κ1) is 22.7. The lowest BCUT2D eigenvalue weighted by molar-refractivity contribution is -0.145. The number of amides is 2. The van der Waals surface area contributed by atoms with Crippen molar-refractivity contribution >= 4 is 24.2 Å². The molecule has 0 aromatic heterocycles. The van der Waals surface area contributed by atoms with Crippen molar-refractivity contribution in [1.29, 1.82) is 0 Å². The van der Waals surface area contributed by atoms with Crippen LogP contribution in [0.3, 0.4) is 0 Å². The topological polar surface area (TPSA) is 70.7 Å². The van der Waals surface area contributed by atoms with Crippen molar-refractivity contribution in [2.45, 2.75) is 44.8 Å². The Morgan fingerprint density at radius 3 is 2.71 bits per heavy atom. The molecule has 2 heterocycles. The summed E-state index contributed by atoms with van der Waals surface area (Å²) in [5, 5.41) is 6.29. The normalized spacial score (nSPS) is 23.0. The average molecular weight is 410 g/mol. The summed E-state index contributed by atoms with van der Waals surface area (Å²) in [6.07, 6.45) is 3.41. The van der Waals surface area contributed by atoms with Crippen LogP contribution >= 0.6 is 12.4 Å². The molecule has 156 valence electrons. The van der Waals surface area contributed by atoms with Crippen molar-refractivity contribution in [3.63, 3.8) is 0 Å². The van der Waals surface area contributed by atoms with Crippen LogP contribution < -0.4 is 10.6 Å².